The van der Waals surface area contributed by atoms with Crippen molar-refractivity contribution in [3.63, 3.8) is 0 Å². The average Bonchev–Trinajstić information content (AvgIpc) is 2.82. The molecule has 2 rings (SSSR count). The zero-order valence-corrected chi connectivity index (χ0v) is 9.71. The molecule has 0 aliphatic rings. The highest BCUT2D eigenvalue weighted by molar-refractivity contribution is 7.09. The fraction of sp³-hybridized carbons (Fsp3) is 0.182. The summed E-state index contributed by atoms with van der Waals surface area (Å²) in [6, 6.07) is 4.13. The third kappa shape index (κ3) is 3.32. The van der Waals surface area contributed by atoms with Crippen LogP contribution in [0.1, 0.15) is 15.5 Å². The van der Waals surface area contributed by atoms with Crippen molar-refractivity contribution in [3.05, 3.63) is 46.4 Å². The van der Waals surface area contributed by atoms with Gasteiger partial charge in [-0.3, -0.25) is 4.79 Å². The summed E-state index contributed by atoms with van der Waals surface area (Å²) < 4.78 is 12.8. The molecule has 0 atom stereocenters. The van der Waals surface area contributed by atoms with Gasteiger partial charge in [-0.2, -0.15) is 4.39 Å². The molecule has 0 bridgehead atoms. The number of thiazole rings is 1. The summed E-state index contributed by atoms with van der Waals surface area (Å²) in [5, 5.41) is 5.50. The highest BCUT2D eigenvalue weighted by atomic mass is 32.1. The molecule has 1 N–H and O–H groups in total. The van der Waals surface area contributed by atoms with Crippen LogP contribution in [0.2, 0.25) is 0 Å². The number of amides is 1. The van der Waals surface area contributed by atoms with Crippen LogP contribution in [0.4, 0.5) is 4.39 Å². The Labute approximate surface area is 102 Å². The van der Waals surface area contributed by atoms with E-state index in [9.17, 15) is 9.18 Å². The first-order valence-corrected chi connectivity index (χ1v) is 5.93. The summed E-state index contributed by atoms with van der Waals surface area (Å²) in [6.45, 7) is 0.463. The van der Waals surface area contributed by atoms with E-state index in [1.165, 1.54) is 29.5 Å². The monoisotopic (exact) mass is 251 g/mol. The van der Waals surface area contributed by atoms with E-state index in [1.54, 1.807) is 6.20 Å². The molecule has 0 aliphatic carbocycles. The first kappa shape index (κ1) is 11.7. The van der Waals surface area contributed by atoms with Gasteiger partial charge in [0.15, 0.2) is 0 Å². The van der Waals surface area contributed by atoms with Gasteiger partial charge in [-0.15, -0.1) is 11.3 Å². The molecule has 0 spiro atoms. The van der Waals surface area contributed by atoms with Crippen LogP contribution in [0.5, 0.6) is 0 Å². The van der Waals surface area contributed by atoms with Gasteiger partial charge in [-0.05, 0) is 12.1 Å². The van der Waals surface area contributed by atoms with Crippen molar-refractivity contribution in [1.82, 2.24) is 15.3 Å². The summed E-state index contributed by atoms with van der Waals surface area (Å²) in [4.78, 5) is 19.2. The van der Waals surface area contributed by atoms with Crippen molar-refractivity contribution in [2.45, 2.75) is 6.42 Å². The van der Waals surface area contributed by atoms with Crippen LogP contribution in [0, 0.1) is 5.95 Å². The molecule has 4 nitrogen and oxygen atoms in total. The molecule has 0 saturated heterocycles. The number of hydrogen-bond acceptors (Lipinski definition) is 4. The summed E-state index contributed by atoms with van der Waals surface area (Å²) in [7, 11) is 0. The fourth-order valence-corrected chi connectivity index (χ4v) is 1.91. The smallest absolute Gasteiger partial charge is 0.270 e. The number of nitrogens with one attached hydrogen (secondary N) is 1. The third-order valence-electron chi connectivity index (χ3n) is 2.06. The Morgan fingerprint density at radius 2 is 2.35 bits per heavy atom. The number of carbonyl (C=O) groups excluding carboxylic acids is 1. The molecule has 2 heterocycles. The number of halogens is 1. The Hall–Kier alpha value is -1.82. The number of nitrogens with zero attached hydrogens (tertiary/aromatic N) is 2. The van der Waals surface area contributed by atoms with E-state index in [0.29, 0.717) is 13.0 Å². The zero-order chi connectivity index (χ0) is 12.1. The zero-order valence-electron chi connectivity index (χ0n) is 8.89. The van der Waals surface area contributed by atoms with Crippen LogP contribution < -0.4 is 5.32 Å². The minimum absolute atomic E-state index is 0.0872. The summed E-state index contributed by atoms with van der Waals surface area (Å²) in [5.74, 6) is -1.03. The van der Waals surface area contributed by atoms with Gasteiger partial charge < -0.3 is 5.32 Å². The van der Waals surface area contributed by atoms with Crippen molar-refractivity contribution >= 4 is 17.2 Å². The minimum Gasteiger partial charge on any atom is -0.350 e. The first-order valence-electron chi connectivity index (χ1n) is 5.05. The summed E-state index contributed by atoms with van der Waals surface area (Å²) in [5.41, 5.74) is 0.0872. The molecule has 0 unspecified atom stereocenters. The van der Waals surface area contributed by atoms with Crippen molar-refractivity contribution in [2.24, 2.45) is 0 Å². The Balaban J connectivity index is 1.85. The van der Waals surface area contributed by atoms with Crippen LogP contribution in [0.3, 0.4) is 0 Å². The standard InChI is InChI=1S/C11H10FN3OS/c12-9-3-1-2-8(15-9)11(16)14-5-4-10-13-6-7-17-10/h1-3,6-7H,4-5H2,(H,14,16). The molecule has 1 amide bonds. The van der Waals surface area contributed by atoms with Crippen LogP contribution in [-0.2, 0) is 6.42 Å². The van der Waals surface area contributed by atoms with E-state index in [1.807, 2.05) is 5.38 Å². The minimum atomic E-state index is -0.655. The van der Waals surface area contributed by atoms with E-state index in [-0.39, 0.29) is 11.6 Å². The number of rotatable bonds is 4. The van der Waals surface area contributed by atoms with Crippen molar-refractivity contribution in [2.75, 3.05) is 6.54 Å². The molecule has 2 aromatic heterocycles. The highest BCUT2D eigenvalue weighted by Crippen LogP contribution is 2.03. The van der Waals surface area contributed by atoms with E-state index in [4.69, 9.17) is 0 Å². The lowest BCUT2D eigenvalue weighted by Gasteiger charge is -2.02. The second kappa shape index (κ2) is 5.49. The lowest BCUT2D eigenvalue weighted by Crippen LogP contribution is -2.26. The fourth-order valence-electron chi connectivity index (χ4n) is 1.28. The number of hydrogen-bond donors (Lipinski definition) is 1. The number of carbonyl (C=O) groups is 1. The molecule has 17 heavy (non-hydrogen) atoms. The Bertz CT molecular complexity index is 501. The summed E-state index contributed by atoms with van der Waals surface area (Å²) in [6.07, 6.45) is 2.38. The van der Waals surface area contributed by atoms with Gasteiger partial charge in [0.2, 0.25) is 5.95 Å². The maximum atomic E-state index is 12.8. The molecular weight excluding hydrogens is 241 g/mol. The maximum absolute atomic E-state index is 12.8. The lowest BCUT2D eigenvalue weighted by atomic mass is 10.3. The average molecular weight is 251 g/mol. The topological polar surface area (TPSA) is 54.9 Å². The van der Waals surface area contributed by atoms with Crippen LogP contribution in [0.25, 0.3) is 0 Å². The number of aromatic nitrogens is 2. The molecule has 88 valence electrons. The predicted octanol–water partition coefficient (Wildman–Crippen LogP) is 1.65. The van der Waals surface area contributed by atoms with Crippen LogP contribution in [0.15, 0.2) is 29.8 Å². The van der Waals surface area contributed by atoms with E-state index < -0.39 is 5.95 Å². The highest BCUT2D eigenvalue weighted by Gasteiger charge is 2.07. The van der Waals surface area contributed by atoms with Crippen LogP contribution in [-0.4, -0.2) is 22.4 Å². The molecule has 6 heteroatoms. The van der Waals surface area contributed by atoms with Gasteiger partial charge in [-0.25, -0.2) is 9.97 Å². The normalized spacial score (nSPS) is 10.2. The van der Waals surface area contributed by atoms with Gasteiger partial charge in [0.1, 0.15) is 5.69 Å². The van der Waals surface area contributed by atoms with E-state index in [2.05, 4.69) is 15.3 Å². The van der Waals surface area contributed by atoms with Gasteiger partial charge in [0.25, 0.3) is 5.91 Å². The van der Waals surface area contributed by atoms with Crippen LogP contribution >= 0.6 is 11.3 Å². The van der Waals surface area contributed by atoms with E-state index >= 15 is 0 Å². The van der Waals surface area contributed by atoms with Gasteiger partial charge in [0, 0.05) is 24.5 Å². The first-order chi connectivity index (χ1) is 8.25. The largest absolute Gasteiger partial charge is 0.350 e. The maximum Gasteiger partial charge on any atom is 0.270 e. The Morgan fingerprint density at radius 1 is 1.47 bits per heavy atom. The Kier molecular flexibility index (Phi) is 3.77. The SMILES string of the molecule is O=C(NCCc1nccs1)c1cccc(F)n1. The molecule has 0 aliphatic heterocycles. The quantitative estimate of drug-likeness (QED) is 0.841. The second-order valence-corrected chi connectivity index (χ2v) is 4.26. The van der Waals surface area contributed by atoms with Crippen molar-refractivity contribution < 1.29 is 9.18 Å². The molecular formula is C11H10FN3OS. The van der Waals surface area contributed by atoms with Gasteiger partial charge in [-0.1, -0.05) is 6.07 Å². The lowest BCUT2D eigenvalue weighted by molar-refractivity contribution is 0.0948. The molecule has 0 aromatic carbocycles. The van der Waals surface area contributed by atoms with Gasteiger partial charge >= 0.3 is 0 Å². The van der Waals surface area contributed by atoms with E-state index in [0.717, 1.165) is 5.01 Å². The second-order valence-electron chi connectivity index (χ2n) is 3.28. The molecule has 0 saturated carbocycles. The van der Waals surface area contributed by atoms with Crippen molar-refractivity contribution in [1.29, 1.82) is 0 Å². The van der Waals surface area contributed by atoms with Gasteiger partial charge in [0.05, 0.1) is 5.01 Å². The Morgan fingerprint density at radius 3 is 3.06 bits per heavy atom. The molecule has 0 fully saturated rings. The molecule has 0 radical (unpaired) electrons. The third-order valence-corrected chi connectivity index (χ3v) is 2.90. The van der Waals surface area contributed by atoms with Crippen molar-refractivity contribution in [3.8, 4) is 0 Å². The molecule has 2 aromatic rings. The number of pyridine rings is 1. The predicted molar refractivity (Wildman–Crippen MR) is 62.3 cm³/mol. The summed E-state index contributed by atoms with van der Waals surface area (Å²) >= 11 is 1.53.